The Morgan fingerprint density at radius 3 is 2.35 bits per heavy atom. The van der Waals surface area contributed by atoms with Gasteiger partial charge in [-0.1, -0.05) is 23.5 Å². The van der Waals surface area contributed by atoms with Gasteiger partial charge in [-0.15, -0.1) is 5.10 Å². The van der Waals surface area contributed by atoms with E-state index in [2.05, 4.69) is 43.4 Å². The van der Waals surface area contributed by atoms with Crippen molar-refractivity contribution in [3.8, 4) is 11.8 Å². The van der Waals surface area contributed by atoms with E-state index < -0.39 is 23.3 Å². The minimum Gasteiger partial charge on any atom is -0.460 e. The summed E-state index contributed by atoms with van der Waals surface area (Å²) in [6.07, 6.45) is 4.08. The molecule has 0 radical (unpaired) electrons. The van der Waals surface area contributed by atoms with Crippen LogP contribution < -0.4 is 21.3 Å². The molecule has 0 spiro atoms. The molecule has 4 rings (SSSR count). The second-order valence-corrected chi connectivity index (χ2v) is 18.0. The molecule has 1 aromatic heterocycles. The van der Waals surface area contributed by atoms with Gasteiger partial charge >= 0.3 is 18.1 Å². The van der Waals surface area contributed by atoms with Crippen LogP contribution in [0.3, 0.4) is 0 Å². The van der Waals surface area contributed by atoms with Crippen molar-refractivity contribution in [1.82, 2.24) is 30.9 Å². The highest BCUT2D eigenvalue weighted by atomic mass is 32.2. The van der Waals surface area contributed by atoms with E-state index in [1.54, 1.807) is 70.6 Å². The highest BCUT2D eigenvalue weighted by molar-refractivity contribution is 8.00. The Hall–Kier alpha value is -4.74. The number of Topliss-reactive ketones (excluding diaryl/α,β-unsaturated/α-hetero) is 1. The fraction of sp³-hybridized carbons (Fsp3) is 0.651. The van der Waals surface area contributed by atoms with Crippen LogP contribution in [0.1, 0.15) is 102 Å². The lowest BCUT2D eigenvalue weighted by molar-refractivity contribution is -0.154. The number of nitrogens with zero attached hydrogens (tertiary/aromatic N) is 3. The number of amides is 4. The highest BCUT2D eigenvalue weighted by Gasteiger charge is 2.42. The molecule has 3 atom stereocenters. The van der Waals surface area contributed by atoms with Crippen LogP contribution in [0, 0.1) is 11.8 Å². The Morgan fingerprint density at radius 2 is 1.61 bits per heavy atom. The summed E-state index contributed by atoms with van der Waals surface area (Å²) in [6.45, 7) is 14.2. The van der Waals surface area contributed by atoms with Crippen LogP contribution in [0.2, 0.25) is 0 Å². The number of carbonyl (C=O) groups excluding carboxylic acids is 5. The average Bonchev–Trinajstić information content (AvgIpc) is 3.90. The van der Waals surface area contributed by atoms with E-state index in [1.807, 2.05) is 11.8 Å². The summed E-state index contributed by atoms with van der Waals surface area (Å²) < 4.78 is 34.7. The van der Waals surface area contributed by atoms with E-state index in [0.29, 0.717) is 75.7 Å². The molecule has 1 aromatic carbocycles. The van der Waals surface area contributed by atoms with Crippen LogP contribution in [0.5, 0.6) is 0 Å². The third-order valence-electron chi connectivity index (χ3n) is 9.03. The fourth-order valence-corrected chi connectivity index (χ4v) is 7.85. The number of urea groups is 1. The minimum absolute atomic E-state index is 0.0199. The maximum atomic E-state index is 13.1. The Morgan fingerprint density at radius 1 is 0.887 bits per heavy atom. The average molecular weight is 886 g/mol. The van der Waals surface area contributed by atoms with Gasteiger partial charge < -0.3 is 44.4 Å². The predicted octanol–water partition coefficient (Wildman–Crippen LogP) is 4.39. The second kappa shape index (κ2) is 25.4. The van der Waals surface area contributed by atoms with Gasteiger partial charge in [0.2, 0.25) is 5.91 Å². The number of benzene rings is 1. The molecule has 3 heterocycles. The van der Waals surface area contributed by atoms with Crippen molar-refractivity contribution in [1.29, 1.82) is 0 Å². The zero-order chi connectivity index (χ0) is 45.0. The van der Waals surface area contributed by atoms with Crippen LogP contribution in [-0.4, -0.2) is 132 Å². The first-order chi connectivity index (χ1) is 29.5. The summed E-state index contributed by atoms with van der Waals surface area (Å²) in [7, 11) is 0. The molecule has 4 N–H and O–H groups in total. The lowest BCUT2D eigenvalue weighted by Crippen LogP contribution is -2.36. The number of rotatable bonds is 25. The van der Waals surface area contributed by atoms with Gasteiger partial charge in [-0.05, 0) is 72.6 Å². The van der Waals surface area contributed by atoms with Gasteiger partial charge in [0.25, 0.3) is 0 Å². The lowest BCUT2D eigenvalue weighted by Gasteiger charge is -2.21. The molecule has 2 aromatic rings. The number of hydrogen-bond donors (Lipinski definition) is 4. The number of anilines is 1. The van der Waals surface area contributed by atoms with E-state index in [1.165, 1.54) is 0 Å². The van der Waals surface area contributed by atoms with Crippen molar-refractivity contribution in [3.63, 3.8) is 0 Å². The molecule has 2 aliphatic rings. The first kappa shape index (κ1) is 49.9. The molecule has 342 valence electrons. The Balaban J connectivity index is 1.02. The van der Waals surface area contributed by atoms with Crippen molar-refractivity contribution < 1.29 is 52.4 Å². The number of esters is 1. The molecule has 2 saturated heterocycles. The number of fused-ring (bicyclic) bond motifs is 1. The van der Waals surface area contributed by atoms with E-state index in [4.69, 9.17) is 28.4 Å². The van der Waals surface area contributed by atoms with Crippen LogP contribution in [0.4, 0.5) is 15.3 Å². The Bertz CT molecular complexity index is 1850. The molecule has 19 heteroatoms. The quantitative estimate of drug-likeness (QED) is 0.0358. The summed E-state index contributed by atoms with van der Waals surface area (Å²) >= 11 is 1.89. The molecule has 2 fully saturated rings. The number of ketones is 1. The van der Waals surface area contributed by atoms with Gasteiger partial charge in [0.1, 0.15) is 23.5 Å². The SMILES string of the molecule is CC(C)(C)OC(=O)CCC(=O)c1ccc(C#CCOCc2cn(CCOCCOCCOCCNC(=O)CCCC[C@@H]3SCC4NC(=O)N[C@@H]43)nn2)cc1NC(=O)OC(C)(C)C. The number of hydrogen-bond acceptors (Lipinski definition) is 14. The van der Waals surface area contributed by atoms with Gasteiger partial charge in [0, 0.05) is 41.5 Å². The van der Waals surface area contributed by atoms with E-state index in [0.717, 1.165) is 25.0 Å². The predicted molar refractivity (Wildman–Crippen MR) is 232 cm³/mol. The molecule has 4 amide bonds. The van der Waals surface area contributed by atoms with Gasteiger partial charge in [0.15, 0.2) is 5.78 Å². The first-order valence-electron chi connectivity index (χ1n) is 21.1. The molecule has 2 aliphatic heterocycles. The van der Waals surface area contributed by atoms with Crippen molar-refractivity contribution in [2.45, 2.75) is 122 Å². The monoisotopic (exact) mass is 885 g/mol. The van der Waals surface area contributed by atoms with Crippen LogP contribution in [0.25, 0.3) is 0 Å². The van der Waals surface area contributed by atoms with Gasteiger partial charge in [-0.25, -0.2) is 14.3 Å². The maximum Gasteiger partial charge on any atom is 0.412 e. The van der Waals surface area contributed by atoms with E-state index in [9.17, 15) is 24.0 Å². The molecule has 62 heavy (non-hydrogen) atoms. The summed E-state index contributed by atoms with van der Waals surface area (Å²) in [5.74, 6) is 6.03. The van der Waals surface area contributed by atoms with Crippen molar-refractivity contribution in [2.24, 2.45) is 0 Å². The Labute approximate surface area is 368 Å². The second-order valence-electron chi connectivity index (χ2n) is 16.7. The summed E-state index contributed by atoms with van der Waals surface area (Å²) in [5, 5.41) is 20.1. The molecule has 18 nitrogen and oxygen atoms in total. The van der Waals surface area contributed by atoms with Crippen molar-refractivity contribution in [2.75, 3.05) is 63.9 Å². The van der Waals surface area contributed by atoms with Crippen LogP contribution in [0.15, 0.2) is 24.4 Å². The summed E-state index contributed by atoms with van der Waals surface area (Å²) in [6, 6.07) is 5.14. The smallest absolute Gasteiger partial charge is 0.412 e. The summed E-state index contributed by atoms with van der Waals surface area (Å²) in [4.78, 5) is 61.5. The highest BCUT2D eigenvalue weighted by Crippen LogP contribution is 2.33. The Kier molecular flexibility index (Phi) is 20.4. The minimum atomic E-state index is -0.755. The first-order valence-corrected chi connectivity index (χ1v) is 22.1. The number of nitrogens with one attached hydrogen (secondary N) is 4. The molecule has 0 saturated carbocycles. The topological polar surface area (TPSA) is 220 Å². The maximum absolute atomic E-state index is 13.1. The number of thioether (sulfide) groups is 1. The third kappa shape index (κ3) is 19.5. The molecular formula is C43H63N7O11S. The number of carbonyl (C=O) groups is 5. The standard InChI is InChI=1S/C43H63N7O11S/c1-42(2,3)60-38(53)16-15-35(51)32-14-13-30(26-33(32)46-41(55)61-43(4,5)6)10-9-19-59-28-31-27-50(49-48-31)18-21-57-23-25-58-24-22-56-20-17-44-37(52)12-8-7-11-36-39-34(29-62-36)45-40(54)47-39/h13-14,26-27,34,36,39H,7-8,11-12,15-25,28-29H2,1-6H3,(H,44,52)(H,46,55)(H2,45,47,54)/t34?,36-,39-/m0/s1. The zero-order valence-electron chi connectivity index (χ0n) is 36.8. The molecule has 1 unspecified atom stereocenters. The third-order valence-corrected chi connectivity index (χ3v) is 10.5. The van der Waals surface area contributed by atoms with Crippen LogP contribution in [-0.2, 0) is 51.2 Å². The largest absolute Gasteiger partial charge is 0.460 e. The normalized spacial score (nSPS) is 17.0. The van der Waals surface area contributed by atoms with Crippen molar-refractivity contribution in [3.05, 3.63) is 41.2 Å². The summed E-state index contributed by atoms with van der Waals surface area (Å²) in [5.41, 5.74) is 0.168. The van der Waals surface area contributed by atoms with Gasteiger partial charge in [-0.3, -0.25) is 19.7 Å². The molecular weight excluding hydrogens is 823 g/mol. The van der Waals surface area contributed by atoms with Gasteiger partial charge in [-0.2, -0.15) is 11.8 Å². The number of ether oxygens (including phenoxy) is 6. The van der Waals surface area contributed by atoms with Gasteiger partial charge in [0.05, 0.1) is 83.2 Å². The van der Waals surface area contributed by atoms with E-state index in [-0.39, 0.29) is 67.1 Å². The number of aromatic nitrogens is 3. The van der Waals surface area contributed by atoms with E-state index >= 15 is 0 Å². The molecule has 0 aliphatic carbocycles. The fourth-order valence-electron chi connectivity index (χ4n) is 6.31. The van der Waals surface area contributed by atoms with Crippen molar-refractivity contribution >= 4 is 47.2 Å². The number of unbranched alkanes of at least 4 members (excludes halogenated alkanes) is 1. The lowest BCUT2D eigenvalue weighted by atomic mass is 10.0. The molecule has 0 bridgehead atoms. The van der Waals surface area contributed by atoms with Crippen LogP contribution >= 0.6 is 11.8 Å². The zero-order valence-corrected chi connectivity index (χ0v) is 37.6.